The lowest BCUT2D eigenvalue weighted by molar-refractivity contribution is 0.162. The first-order valence-corrected chi connectivity index (χ1v) is 10.8. The summed E-state index contributed by atoms with van der Waals surface area (Å²) in [5.41, 5.74) is 3.81. The van der Waals surface area contributed by atoms with Crippen molar-refractivity contribution in [3.63, 3.8) is 0 Å². The summed E-state index contributed by atoms with van der Waals surface area (Å²) in [4.78, 5) is 3.74. The van der Waals surface area contributed by atoms with Crippen molar-refractivity contribution in [1.29, 1.82) is 0 Å². The Labute approximate surface area is 176 Å². The molecule has 2 aromatic carbocycles. The molecule has 29 heavy (non-hydrogen) atoms. The Kier molecular flexibility index (Phi) is 6.16. The number of fused-ring (bicyclic) bond motifs is 1. The van der Waals surface area contributed by atoms with E-state index < -0.39 is 0 Å². The summed E-state index contributed by atoms with van der Waals surface area (Å²) >= 11 is 1.95. The molecule has 0 N–H and O–H groups in total. The van der Waals surface area contributed by atoms with Crippen molar-refractivity contribution in [2.75, 3.05) is 25.7 Å². The van der Waals surface area contributed by atoms with Crippen LogP contribution in [0, 0.1) is 6.92 Å². The SMILES string of the molecule is COCc1ccc(CN2CCC(c3ccc(OC)c(C)c3)Sc3ccccc32)o1. The third-order valence-corrected chi connectivity index (χ3v) is 6.67. The molecule has 0 aliphatic carbocycles. The molecule has 0 fully saturated rings. The molecule has 0 saturated heterocycles. The molecule has 2 heterocycles. The summed E-state index contributed by atoms with van der Waals surface area (Å²) in [7, 11) is 3.41. The van der Waals surface area contributed by atoms with Crippen LogP contribution < -0.4 is 9.64 Å². The maximum atomic E-state index is 5.95. The predicted molar refractivity (Wildman–Crippen MR) is 118 cm³/mol. The molecule has 1 aliphatic rings. The van der Waals surface area contributed by atoms with Gasteiger partial charge >= 0.3 is 0 Å². The molecule has 0 saturated carbocycles. The van der Waals surface area contributed by atoms with Crippen LogP contribution in [0.5, 0.6) is 5.75 Å². The van der Waals surface area contributed by atoms with Gasteiger partial charge in [0.05, 0.1) is 19.3 Å². The molecule has 1 aliphatic heterocycles. The molecule has 0 radical (unpaired) electrons. The van der Waals surface area contributed by atoms with E-state index in [0.717, 1.165) is 36.8 Å². The number of thioether (sulfide) groups is 1. The van der Waals surface area contributed by atoms with Crippen LogP contribution in [0.25, 0.3) is 0 Å². The van der Waals surface area contributed by atoms with Crippen LogP contribution in [0.15, 0.2) is 63.9 Å². The molecule has 3 aromatic rings. The highest BCUT2D eigenvalue weighted by molar-refractivity contribution is 7.99. The number of methoxy groups -OCH3 is 2. The Morgan fingerprint density at radius 1 is 1.07 bits per heavy atom. The van der Waals surface area contributed by atoms with E-state index in [4.69, 9.17) is 13.9 Å². The van der Waals surface area contributed by atoms with Crippen LogP contribution in [0.3, 0.4) is 0 Å². The highest BCUT2D eigenvalue weighted by Crippen LogP contribution is 2.46. The molecule has 5 heteroatoms. The van der Waals surface area contributed by atoms with Crippen molar-refractivity contribution in [2.45, 2.75) is 36.6 Å². The number of aryl methyl sites for hydroxylation is 1. The van der Waals surface area contributed by atoms with E-state index in [0.29, 0.717) is 11.9 Å². The lowest BCUT2D eigenvalue weighted by atomic mass is 10.1. The third kappa shape index (κ3) is 4.46. The molecule has 0 spiro atoms. The average molecular weight is 410 g/mol. The number of hydrogen-bond donors (Lipinski definition) is 0. The third-order valence-electron chi connectivity index (χ3n) is 5.28. The summed E-state index contributed by atoms with van der Waals surface area (Å²) in [6.45, 7) is 4.35. The normalized spacial score (nSPS) is 16.4. The van der Waals surface area contributed by atoms with Gasteiger partial charge in [-0.25, -0.2) is 0 Å². The molecule has 1 aromatic heterocycles. The van der Waals surface area contributed by atoms with Gasteiger partial charge in [-0.3, -0.25) is 0 Å². The largest absolute Gasteiger partial charge is 0.496 e. The second kappa shape index (κ2) is 8.97. The van der Waals surface area contributed by atoms with E-state index in [1.54, 1.807) is 14.2 Å². The number of para-hydroxylation sites is 1. The Bertz CT molecular complexity index is 968. The average Bonchev–Trinajstić information content (AvgIpc) is 3.09. The Morgan fingerprint density at radius 3 is 2.69 bits per heavy atom. The van der Waals surface area contributed by atoms with E-state index in [-0.39, 0.29) is 0 Å². The van der Waals surface area contributed by atoms with E-state index >= 15 is 0 Å². The molecule has 1 atom stereocenters. The fourth-order valence-corrected chi connectivity index (χ4v) is 5.13. The Morgan fingerprint density at radius 2 is 1.90 bits per heavy atom. The summed E-state index contributed by atoms with van der Waals surface area (Å²) in [5.74, 6) is 2.78. The molecule has 152 valence electrons. The van der Waals surface area contributed by atoms with Gasteiger partial charge in [0, 0.05) is 23.8 Å². The van der Waals surface area contributed by atoms with Gasteiger partial charge in [-0.05, 0) is 54.8 Å². The van der Waals surface area contributed by atoms with Crippen LogP contribution in [0.2, 0.25) is 0 Å². The van der Waals surface area contributed by atoms with Gasteiger partial charge in [0.25, 0.3) is 0 Å². The zero-order chi connectivity index (χ0) is 20.2. The topological polar surface area (TPSA) is 34.8 Å². The van der Waals surface area contributed by atoms with E-state index in [2.05, 4.69) is 60.4 Å². The van der Waals surface area contributed by atoms with Gasteiger partial charge in [0.1, 0.15) is 23.9 Å². The minimum atomic E-state index is 0.409. The van der Waals surface area contributed by atoms with Crippen LogP contribution in [-0.4, -0.2) is 20.8 Å². The smallest absolute Gasteiger partial charge is 0.129 e. The summed E-state index contributed by atoms with van der Waals surface area (Å²) in [5, 5.41) is 0.409. The van der Waals surface area contributed by atoms with Gasteiger partial charge in [-0.1, -0.05) is 24.3 Å². The minimum absolute atomic E-state index is 0.409. The highest BCUT2D eigenvalue weighted by atomic mass is 32.2. The van der Waals surface area contributed by atoms with Gasteiger partial charge in [0.15, 0.2) is 0 Å². The molecule has 0 amide bonds. The Hall–Kier alpha value is -2.37. The quantitative estimate of drug-likeness (QED) is 0.500. The lowest BCUT2D eigenvalue weighted by Crippen LogP contribution is -2.23. The van der Waals surface area contributed by atoms with Crippen LogP contribution >= 0.6 is 11.8 Å². The second-order valence-corrected chi connectivity index (χ2v) is 8.56. The van der Waals surface area contributed by atoms with Gasteiger partial charge in [0.2, 0.25) is 0 Å². The van der Waals surface area contributed by atoms with Crippen LogP contribution in [0.1, 0.15) is 34.3 Å². The first-order chi connectivity index (χ1) is 14.2. The van der Waals surface area contributed by atoms with E-state index in [1.165, 1.54) is 21.7 Å². The van der Waals surface area contributed by atoms with E-state index in [1.807, 2.05) is 17.8 Å². The fourth-order valence-electron chi connectivity index (χ4n) is 3.84. The molecule has 0 bridgehead atoms. The van der Waals surface area contributed by atoms with Crippen LogP contribution in [0.4, 0.5) is 5.69 Å². The first-order valence-electron chi connectivity index (χ1n) is 9.89. The first kappa shape index (κ1) is 19.9. The van der Waals surface area contributed by atoms with E-state index in [9.17, 15) is 0 Å². The number of anilines is 1. The standard InChI is InChI=1S/C24H27NO3S/c1-17-14-18(8-11-22(17)27-3)23-12-13-25(21-6-4-5-7-24(21)29-23)15-19-9-10-20(28-19)16-26-2/h4-11,14,23H,12-13,15-16H2,1-3H3. The Balaban J connectivity index is 1.58. The van der Waals surface area contributed by atoms with Crippen molar-refractivity contribution >= 4 is 17.4 Å². The van der Waals surface area contributed by atoms with Crippen LogP contribution in [-0.2, 0) is 17.9 Å². The second-order valence-electron chi connectivity index (χ2n) is 7.31. The molecule has 1 unspecified atom stereocenters. The van der Waals surface area contributed by atoms with Crippen molar-refractivity contribution in [3.05, 3.63) is 77.2 Å². The van der Waals surface area contributed by atoms with Gasteiger partial charge in [-0.15, -0.1) is 11.8 Å². The molecule has 4 rings (SSSR count). The number of hydrogen-bond acceptors (Lipinski definition) is 5. The monoisotopic (exact) mass is 409 g/mol. The number of ether oxygens (including phenoxy) is 2. The highest BCUT2D eigenvalue weighted by Gasteiger charge is 2.24. The number of benzene rings is 2. The number of furan rings is 1. The van der Waals surface area contributed by atoms with Crippen molar-refractivity contribution in [1.82, 2.24) is 0 Å². The number of rotatable bonds is 6. The molecule has 4 nitrogen and oxygen atoms in total. The van der Waals surface area contributed by atoms with Crippen molar-refractivity contribution < 1.29 is 13.9 Å². The zero-order valence-corrected chi connectivity index (χ0v) is 18.0. The fraction of sp³-hybridized carbons (Fsp3) is 0.333. The molecular weight excluding hydrogens is 382 g/mol. The minimum Gasteiger partial charge on any atom is -0.496 e. The maximum absolute atomic E-state index is 5.95. The lowest BCUT2D eigenvalue weighted by Gasteiger charge is -2.23. The molecular formula is C24H27NO3S. The summed E-state index contributed by atoms with van der Waals surface area (Å²) in [6, 6.07) is 19.3. The summed E-state index contributed by atoms with van der Waals surface area (Å²) < 4.78 is 16.6. The predicted octanol–water partition coefficient (Wildman–Crippen LogP) is 5.99. The van der Waals surface area contributed by atoms with Gasteiger partial charge in [-0.2, -0.15) is 0 Å². The number of nitrogens with zero attached hydrogens (tertiary/aromatic N) is 1. The van der Waals surface area contributed by atoms with Crippen molar-refractivity contribution in [2.24, 2.45) is 0 Å². The maximum Gasteiger partial charge on any atom is 0.129 e. The summed E-state index contributed by atoms with van der Waals surface area (Å²) in [6.07, 6.45) is 1.07. The zero-order valence-electron chi connectivity index (χ0n) is 17.2. The van der Waals surface area contributed by atoms with Crippen molar-refractivity contribution in [3.8, 4) is 5.75 Å². The van der Waals surface area contributed by atoms with Gasteiger partial charge < -0.3 is 18.8 Å².